The van der Waals surface area contributed by atoms with Gasteiger partial charge in [-0.3, -0.25) is 4.79 Å². The van der Waals surface area contributed by atoms with Crippen LogP contribution >= 0.6 is 11.6 Å². The van der Waals surface area contributed by atoms with E-state index in [0.29, 0.717) is 49.0 Å². The van der Waals surface area contributed by atoms with Crippen molar-refractivity contribution in [1.29, 1.82) is 0 Å². The number of anilines is 2. The molecule has 2 heterocycles. The normalized spacial score (nSPS) is 17.9. The zero-order valence-electron chi connectivity index (χ0n) is 18.0. The zero-order valence-corrected chi connectivity index (χ0v) is 18.8. The number of nitrogens with one attached hydrogen (secondary N) is 1. The molecule has 1 saturated heterocycles. The van der Waals surface area contributed by atoms with Crippen LogP contribution in [-0.2, 0) is 9.59 Å². The third-order valence-electron chi connectivity index (χ3n) is 6.42. The van der Waals surface area contributed by atoms with Crippen LogP contribution in [0.2, 0.25) is 5.02 Å². The second-order valence-electron chi connectivity index (χ2n) is 8.50. The van der Waals surface area contributed by atoms with Gasteiger partial charge in [0.15, 0.2) is 0 Å². The van der Waals surface area contributed by atoms with E-state index in [-0.39, 0.29) is 30.7 Å². The number of carboxylic acids is 1. The monoisotopic (exact) mass is 435 g/mol. The zero-order chi connectivity index (χ0) is 21.1. The molecule has 31 heavy (non-hydrogen) atoms. The summed E-state index contributed by atoms with van der Waals surface area (Å²) in [5.74, 6) is -0.0807. The molecule has 1 amide bonds. The predicted molar refractivity (Wildman–Crippen MR) is 117 cm³/mol. The Hall–Kier alpha value is -1.74. The summed E-state index contributed by atoms with van der Waals surface area (Å²) in [7, 11) is 0. The molecule has 0 atom stereocenters. The fourth-order valence-corrected chi connectivity index (χ4v) is 4.87. The number of aliphatic carboxylic acids is 1. The molecule has 160 valence electrons. The molecule has 1 aliphatic carbocycles. The van der Waals surface area contributed by atoms with Gasteiger partial charge in [-0.2, -0.15) is 0 Å². The Kier molecular flexibility index (Phi) is 8.27. The summed E-state index contributed by atoms with van der Waals surface area (Å²) in [5, 5.41) is 15.4. The van der Waals surface area contributed by atoms with Gasteiger partial charge in [-0.1, -0.05) is 30.9 Å². The summed E-state index contributed by atoms with van der Waals surface area (Å²) >= 11 is 6.41. The van der Waals surface area contributed by atoms with Gasteiger partial charge in [0.05, 0.1) is 16.2 Å². The summed E-state index contributed by atoms with van der Waals surface area (Å²) in [6, 6.07) is 7.46. The Morgan fingerprint density at radius 1 is 1.06 bits per heavy atom. The number of hydrogen-bond acceptors (Lipinski definition) is 5. The minimum atomic E-state index is -0.968. The second kappa shape index (κ2) is 10.7. The summed E-state index contributed by atoms with van der Waals surface area (Å²) in [4.78, 5) is 30.5. The Labute approximate surface area is 199 Å². The van der Waals surface area contributed by atoms with Crippen LogP contribution in [0.1, 0.15) is 51.4 Å². The molecule has 0 spiro atoms. The van der Waals surface area contributed by atoms with Gasteiger partial charge in [-0.15, -0.1) is 0 Å². The van der Waals surface area contributed by atoms with Crippen LogP contribution < -0.4 is 34.2 Å². The first-order valence-corrected chi connectivity index (χ1v) is 11.2. The van der Waals surface area contributed by atoms with Gasteiger partial charge in [-0.25, -0.2) is 4.98 Å². The summed E-state index contributed by atoms with van der Waals surface area (Å²) in [6.07, 6.45) is 7.58. The molecule has 1 N–H and O–H groups in total. The molecule has 1 aromatic heterocycles. The van der Waals surface area contributed by atoms with E-state index in [0.717, 1.165) is 29.6 Å². The molecule has 1 saturated carbocycles. The van der Waals surface area contributed by atoms with E-state index in [1.807, 2.05) is 18.2 Å². The Morgan fingerprint density at radius 2 is 1.77 bits per heavy atom. The topological polar surface area (TPSA) is 85.4 Å². The fraction of sp³-hybridized carbons (Fsp3) is 0.522. The average Bonchev–Trinajstić information content (AvgIpc) is 2.76. The van der Waals surface area contributed by atoms with Crippen LogP contribution in [0.25, 0.3) is 10.9 Å². The molecule has 2 aromatic rings. The number of rotatable bonds is 5. The van der Waals surface area contributed by atoms with Crippen molar-refractivity contribution in [3.63, 3.8) is 0 Å². The molecule has 2 fully saturated rings. The fourth-order valence-electron chi connectivity index (χ4n) is 4.66. The maximum Gasteiger partial charge on any atom is 1.00 e. The summed E-state index contributed by atoms with van der Waals surface area (Å²) in [5.41, 5.74) is 1.37. The number of fused-ring (bicyclic) bond motifs is 1. The van der Waals surface area contributed by atoms with E-state index < -0.39 is 5.97 Å². The van der Waals surface area contributed by atoms with Crippen LogP contribution in [0.15, 0.2) is 24.3 Å². The molecular formula is C23H27ClLiN3O3. The first-order valence-electron chi connectivity index (χ1n) is 10.9. The van der Waals surface area contributed by atoms with Crippen LogP contribution in [0.5, 0.6) is 0 Å². The van der Waals surface area contributed by atoms with Crippen molar-refractivity contribution >= 4 is 45.9 Å². The van der Waals surface area contributed by atoms with E-state index in [4.69, 9.17) is 16.6 Å². The number of pyridine rings is 1. The van der Waals surface area contributed by atoms with Crippen LogP contribution in [0, 0.1) is 11.8 Å². The van der Waals surface area contributed by atoms with Crippen molar-refractivity contribution in [2.24, 2.45) is 11.8 Å². The average molecular weight is 436 g/mol. The largest absolute Gasteiger partial charge is 1.00 e. The van der Waals surface area contributed by atoms with Gasteiger partial charge in [0.25, 0.3) is 0 Å². The van der Waals surface area contributed by atoms with Crippen LogP contribution in [0.4, 0.5) is 11.5 Å². The van der Waals surface area contributed by atoms with Gasteiger partial charge in [-0.05, 0) is 55.9 Å². The van der Waals surface area contributed by atoms with Crippen molar-refractivity contribution < 1.29 is 33.6 Å². The molecular weight excluding hydrogens is 409 g/mol. The molecule has 0 bridgehead atoms. The number of carboxylic acid groups (broad SMARTS) is 1. The van der Waals surface area contributed by atoms with E-state index >= 15 is 0 Å². The standard InChI is InChI=1S/C23H28ClN3O3.Li/c24-18-7-8-19-17(22(18)26-21(28)14-15-4-2-1-3-5-15)6-9-20(25-19)27-12-10-16(11-13-27)23(29)30;/h6-9,15-16H,1-5,10-14H2,(H,26,28)(H,29,30);/q;+1/p-1. The number of carbonyl (C=O) groups is 2. The molecule has 1 aliphatic heterocycles. The van der Waals surface area contributed by atoms with E-state index in [9.17, 15) is 14.7 Å². The number of nitrogens with zero attached hydrogens (tertiary/aromatic N) is 2. The maximum atomic E-state index is 12.6. The Balaban J connectivity index is 0.00000272. The first kappa shape index (κ1) is 23.9. The number of hydrogen-bond donors (Lipinski definition) is 1. The number of amides is 1. The molecule has 4 rings (SSSR count). The third kappa shape index (κ3) is 5.74. The quantitative estimate of drug-likeness (QED) is 0.701. The van der Waals surface area contributed by atoms with E-state index in [2.05, 4.69) is 10.2 Å². The Morgan fingerprint density at radius 3 is 2.45 bits per heavy atom. The van der Waals surface area contributed by atoms with E-state index in [1.54, 1.807) is 6.07 Å². The number of halogens is 1. The maximum absolute atomic E-state index is 12.6. The minimum Gasteiger partial charge on any atom is -0.550 e. The van der Waals surface area contributed by atoms with Crippen molar-refractivity contribution in [3.05, 3.63) is 29.3 Å². The van der Waals surface area contributed by atoms with Gasteiger partial charge >= 0.3 is 18.9 Å². The third-order valence-corrected chi connectivity index (χ3v) is 6.74. The smallest absolute Gasteiger partial charge is 0.550 e. The predicted octanol–water partition coefficient (Wildman–Crippen LogP) is 0.767. The SMILES string of the molecule is O=C(CC1CCCCC1)Nc1c(Cl)ccc2nc(N3CCC(C(=O)[O-])CC3)ccc12.[Li+]. The van der Waals surface area contributed by atoms with Crippen LogP contribution in [0.3, 0.4) is 0 Å². The molecule has 6 nitrogen and oxygen atoms in total. The first-order chi connectivity index (χ1) is 14.5. The molecule has 8 heteroatoms. The molecule has 0 radical (unpaired) electrons. The van der Waals surface area contributed by atoms with Gasteiger partial charge in [0, 0.05) is 36.8 Å². The molecule has 2 aliphatic rings. The molecule has 1 aromatic carbocycles. The van der Waals surface area contributed by atoms with Crippen molar-refractivity contribution in [3.8, 4) is 0 Å². The van der Waals surface area contributed by atoms with Gasteiger partial charge in [0.1, 0.15) is 5.82 Å². The van der Waals surface area contributed by atoms with Crippen molar-refractivity contribution in [1.82, 2.24) is 4.98 Å². The number of aromatic nitrogens is 1. The van der Waals surface area contributed by atoms with Crippen molar-refractivity contribution in [2.45, 2.75) is 51.4 Å². The minimum absolute atomic E-state index is 0. The Bertz CT molecular complexity index is 941. The van der Waals surface area contributed by atoms with Crippen LogP contribution in [-0.4, -0.2) is 29.9 Å². The number of piperidine rings is 1. The summed E-state index contributed by atoms with van der Waals surface area (Å²) in [6.45, 7) is 1.27. The number of carbonyl (C=O) groups excluding carboxylic acids is 2. The van der Waals surface area contributed by atoms with Gasteiger partial charge in [0.2, 0.25) is 5.91 Å². The molecule has 0 unspecified atom stereocenters. The number of benzene rings is 1. The van der Waals surface area contributed by atoms with Gasteiger partial charge < -0.3 is 20.1 Å². The van der Waals surface area contributed by atoms with Crippen molar-refractivity contribution in [2.75, 3.05) is 23.3 Å². The van der Waals surface area contributed by atoms with E-state index in [1.165, 1.54) is 19.3 Å². The summed E-state index contributed by atoms with van der Waals surface area (Å²) < 4.78 is 0. The second-order valence-corrected chi connectivity index (χ2v) is 8.90.